The first-order valence-electron chi connectivity index (χ1n) is 6.04. The summed E-state index contributed by atoms with van der Waals surface area (Å²) in [6.07, 6.45) is -0.553. The van der Waals surface area contributed by atoms with E-state index < -0.39 is 24.0 Å². The predicted octanol–water partition coefficient (Wildman–Crippen LogP) is 1.35. The summed E-state index contributed by atoms with van der Waals surface area (Å²) in [4.78, 5) is 45.3. The second-order valence-corrected chi connectivity index (χ2v) is 4.01. The lowest BCUT2D eigenvalue weighted by Gasteiger charge is -2.05. The highest BCUT2D eigenvalue weighted by molar-refractivity contribution is 6.38. The molecule has 0 fully saturated rings. The van der Waals surface area contributed by atoms with Crippen LogP contribution in [-0.2, 0) is 19.1 Å². The molecule has 0 bridgehead atoms. The Morgan fingerprint density at radius 1 is 1.20 bits per heavy atom. The summed E-state index contributed by atoms with van der Waals surface area (Å²) in [5.41, 5.74) is 0.695. The average molecular weight is 277 g/mol. The molecular weight excluding hydrogens is 262 g/mol. The maximum atomic E-state index is 11.9. The molecule has 0 unspecified atom stereocenters. The summed E-state index contributed by atoms with van der Waals surface area (Å²) in [7, 11) is 0. The van der Waals surface area contributed by atoms with E-state index in [1.54, 1.807) is 19.1 Å². The fraction of sp³-hybridized carbons (Fsp3) is 0.286. The quantitative estimate of drug-likeness (QED) is 0.367. The molecule has 1 aromatic carbocycles. The van der Waals surface area contributed by atoms with E-state index in [2.05, 4.69) is 10.1 Å². The lowest BCUT2D eigenvalue weighted by atomic mass is 10.1. The van der Waals surface area contributed by atoms with Crippen LogP contribution in [-0.4, -0.2) is 30.0 Å². The molecule has 0 heterocycles. The van der Waals surface area contributed by atoms with Crippen molar-refractivity contribution in [2.45, 2.75) is 20.3 Å². The Morgan fingerprint density at radius 3 is 2.50 bits per heavy atom. The number of hydrogen-bond donors (Lipinski definition) is 1. The van der Waals surface area contributed by atoms with Gasteiger partial charge in [-0.15, -0.1) is 0 Å². The number of ether oxygens (including phenoxy) is 1. The van der Waals surface area contributed by atoms with Crippen molar-refractivity contribution in [2.75, 3.05) is 11.9 Å². The van der Waals surface area contributed by atoms with Gasteiger partial charge in [0.1, 0.15) is 0 Å². The molecule has 0 aliphatic rings. The molecule has 106 valence electrons. The highest BCUT2D eigenvalue weighted by Crippen LogP contribution is 2.12. The van der Waals surface area contributed by atoms with E-state index in [-0.39, 0.29) is 18.1 Å². The number of amides is 1. The summed E-state index contributed by atoms with van der Waals surface area (Å²) in [6.45, 7) is 3.00. The van der Waals surface area contributed by atoms with Gasteiger partial charge in [0.05, 0.1) is 13.0 Å². The Hall–Kier alpha value is -2.50. The number of carbonyl (C=O) groups excluding carboxylic acids is 4. The van der Waals surface area contributed by atoms with Crippen LogP contribution in [0.15, 0.2) is 24.3 Å². The smallest absolute Gasteiger partial charge is 0.375 e. The topological polar surface area (TPSA) is 89.5 Å². The zero-order valence-electron chi connectivity index (χ0n) is 11.3. The third-order valence-electron chi connectivity index (χ3n) is 2.33. The van der Waals surface area contributed by atoms with Crippen molar-refractivity contribution >= 4 is 29.1 Å². The van der Waals surface area contributed by atoms with Gasteiger partial charge in [0, 0.05) is 18.2 Å². The molecule has 1 aromatic rings. The number of rotatable bonds is 6. The van der Waals surface area contributed by atoms with E-state index in [9.17, 15) is 19.2 Å². The summed E-state index contributed by atoms with van der Waals surface area (Å²) in [5, 5.41) is 2.53. The van der Waals surface area contributed by atoms with Crippen molar-refractivity contribution in [1.29, 1.82) is 0 Å². The maximum absolute atomic E-state index is 11.9. The van der Waals surface area contributed by atoms with Gasteiger partial charge in [0.2, 0.25) is 11.7 Å². The third kappa shape index (κ3) is 4.64. The van der Waals surface area contributed by atoms with Gasteiger partial charge < -0.3 is 10.1 Å². The summed E-state index contributed by atoms with van der Waals surface area (Å²) < 4.78 is 4.52. The van der Waals surface area contributed by atoms with Crippen LogP contribution in [0.2, 0.25) is 0 Å². The van der Waals surface area contributed by atoms with Gasteiger partial charge in [-0.1, -0.05) is 12.1 Å². The zero-order valence-corrected chi connectivity index (χ0v) is 11.3. The molecule has 0 spiro atoms. The Labute approximate surface area is 116 Å². The number of nitrogens with one attached hydrogen (secondary N) is 1. The summed E-state index contributed by atoms with van der Waals surface area (Å²) >= 11 is 0. The van der Waals surface area contributed by atoms with E-state index >= 15 is 0 Å². The van der Waals surface area contributed by atoms with Crippen molar-refractivity contribution in [3.63, 3.8) is 0 Å². The van der Waals surface area contributed by atoms with Gasteiger partial charge in [0.25, 0.3) is 0 Å². The SMILES string of the molecule is CCOC(=O)C(=O)CC(=O)c1cccc(NC(C)=O)c1. The largest absolute Gasteiger partial charge is 0.460 e. The maximum Gasteiger partial charge on any atom is 0.375 e. The Morgan fingerprint density at radius 2 is 1.90 bits per heavy atom. The standard InChI is InChI=1S/C14H15NO5/c1-3-20-14(19)13(18)8-12(17)10-5-4-6-11(7-10)15-9(2)16/h4-7H,3,8H2,1-2H3,(H,15,16). The Bertz CT molecular complexity index is 550. The van der Waals surface area contributed by atoms with Crippen LogP contribution >= 0.6 is 0 Å². The van der Waals surface area contributed by atoms with Crippen LogP contribution in [0.5, 0.6) is 0 Å². The lowest BCUT2D eigenvalue weighted by Crippen LogP contribution is -2.20. The van der Waals surface area contributed by atoms with Crippen molar-refractivity contribution in [1.82, 2.24) is 0 Å². The number of esters is 1. The molecule has 0 aliphatic heterocycles. The van der Waals surface area contributed by atoms with Crippen LogP contribution in [0.1, 0.15) is 30.6 Å². The summed E-state index contributed by atoms with van der Waals surface area (Å²) in [5.74, 6) is -2.67. The average Bonchev–Trinajstić information content (AvgIpc) is 2.38. The molecule has 1 rings (SSSR count). The number of hydrogen-bond acceptors (Lipinski definition) is 5. The fourth-order valence-corrected chi connectivity index (χ4v) is 1.51. The highest BCUT2D eigenvalue weighted by atomic mass is 16.5. The molecule has 0 atom stereocenters. The van der Waals surface area contributed by atoms with E-state index in [1.165, 1.54) is 19.1 Å². The second kappa shape index (κ2) is 7.18. The van der Waals surface area contributed by atoms with Gasteiger partial charge >= 0.3 is 5.97 Å². The number of carbonyl (C=O) groups is 4. The monoisotopic (exact) mass is 277 g/mol. The highest BCUT2D eigenvalue weighted by Gasteiger charge is 2.20. The lowest BCUT2D eigenvalue weighted by molar-refractivity contribution is -0.153. The molecule has 1 amide bonds. The number of anilines is 1. The van der Waals surface area contributed by atoms with Gasteiger partial charge in [-0.25, -0.2) is 4.79 Å². The minimum absolute atomic E-state index is 0.0801. The van der Waals surface area contributed by atoms with Crippen molar-refractivity contribution in [2.24, 2.45) is 0 Å². The summed E-state index contributed by atoms with van der Waals surface area (Å²) in [6, 6.07) is 6.15. The molecule has 6 nitrogen and oxygen atoms in total. The van der Waals surface area contributed by atoms with Gasteiger partial charge in [-0.05, 0) is 19.1 Å². The Balaban J connectivity index is 2.75. The number of Topliss-reactive ketones (excluding diaryl/α,β-unsaturated/α-hetero) is 2. The second-order valence-electron chi connectivity index (χ2n) is 4.01. The minimum Gasteiger partial charge on any atom is -0.460 e. The van der Waals surface area contributed by atoms with Crippen LogP contribution in [0, 0.1) is 0 Å². The van der Waals surface area contributed by atoms with E-state index in [1.807, 2.05) is 0 Å². The fourth-order valence-electron chi connectivity index (χ4n) is 1.51. The third-order valence-corrected chi connectivity index (χ3v) is 2.33. The van der Waals surface area contributed by atoms with Gasteiger partial charge in [-0.3, -0.25) is 14.4 Å². The first-order chi connectivity index (χ1) is 9.43. The van der Waals surface area contributed by atoms with Crippen molar-refractivity contribution in [3.8, 4) is 0 Å². The minimum atomic E-state index is -1.01. The van der Waals surface area contributed by atoms with Gasteiger partial charge in [-0.2, -0.15) is 0 Å². The molecule has 6 heteroatoms. The van der Waals surface area contributed by atoms with Crippen LogP contribution in [0.4, 0.5) is 5.69 Å². The first kappa shape index (κ1) is 15.6. The van der Waals surface area contributed by atoms with Gasteiger partial charge in [0.15, 0.2) is 5.78 Å². The molecule has 0 saturated carbocycles. The predicted molar refractivity (Wildman–Crippen MR) is 71.3 cm³/mol. The molecule has 0 saturated heterocycles. The van der Waals surface area contributed by atoms with E-state index in [4.69, 9.17) is 0 Å². The van der Waals surface area contributed by atoms with Crippen LogP contribution in [0.25, 0.3) is 0 Å². The van der Waals surface area contributed by atoms with E-state index in [0.717, 1.165) is 0 Å². The molecule has 1 N–H and O–H groups in total. The molecule has 20 heavy (non-hydrogen) atoms. The first-order valence-corrected chi connectivity index (χ1v) is 6.04. The van der Waals surface area contributed by atoms with E-state index in [0.29, 0.717) is 5.69 Å². The van der Waals surface area contributed by atoms with Crippen LogP contribution in [0.3, 0.4) is 0 Å². The number of ketones is 2. The molecule has 0 aromatic heterocycles. The molecular formula is C14H15NO5. The van der Waals surface area contributed by atoms with Crippen molar-refractivity contribution in [3.05, 3.63) is 29.8 Å². The number of benzene rings is 1. The normalized spacial score (nSPS) is 9.70. The molecule has 0 radical (unpaired) electrons. The van der Waals surface area contributed by atoms with Crippen LogP contribution < -0.4 is 5.32 Å². The van der Waals surface area contributed by atoms with Crippen molar-refractivity contribution < 1.29 is 23.9 Å². The Kier molecular flexibility index (Phi) is 5.58. The molecule has 0 aliphatic carbocycles. The zero-order chi connectivity index (χ0) is 15.1.